The van der Waals surface area contributed by atoms with Gasteiger partial charge in [0.15, 0.2) is 0 Å². The van der Waals surface area contributed by atoms with Gasteiger partial charge < -0.3 is 38.5 Å². The topological polar surface area (TPSA) is 180 Å². The molecule has 15 heteroatoms. The molecule has 0 atom stereocenters. The molecule has 43 heavy (non-hydrogen) atoms. The number of benzene rings is 1. The standard InChI is InChI=1S/C28H47N3O12/c1-2-3-4-5-6-7-28(32)43-23-22-42-21-20-41-19-18-40-17-16-39-15-14-38-13-12-37-11-10-29-26-9-8-25(30(33)34)24-27(26)31(35)36/h8-9,24,29H,2-7,10-23H2,1H3. The molecule has 0 aliphatic carbocycles. The van der Waals surface area contributed by atoms with Crippen LogP contribution in [0.5, 0.6) is 0 Å². The van der Waals surface area contributed by atoms with Crippen molar-refractivity contribution >= 4 is 23.0 Å². The Balaban J connectivity index is 1.80. The monoisotopic (exact) mass is 617 g/mol. The van der Waals surface area contributed by atoms with Crippen LogP contribution in [0.1, 0.15) is 45.4 Å². The summed E-state index contributed by atoms with van der Waals surface area (Å²) in [6, 6.07) is 3.42. The number of anilines is 1. The summed E-state index contributed by atoms with van der Waals surface area (Å²) in [5.41, 5.74) is -0.527. The van der Waals surface area contributed by atoms with Crippen molar-refractivity contribution in [2.24, 2.45) is 0 Å². The number of unbranched alkanes of at least 4 members (excludes halogenated alkanes) is 4. The highest BCUT2D eigenvalue weighted by Crippen LogP contribution is 2.28. The summed E-state index contributed by atoms with van der Waals surface area (Å²) in [5.74, 6) is -0.168. The van der Waals surface area contributed by atoms with E-state index in [4.69, 9.17) is 33.2 Å². The first kappa shape index (κ1) is 38.1. The SMILES string of the molecule is CCCCCCCC(=O)OCCOCCOCCOCCOCCOCCOCCNc1ccc([N+](=O)[O-])cc1[N+](=O)[O-]. The van der Waals surface area contributed by atoms with Crippen molar-refractivity contribution in [3.63, 3.8) is 0 Å². The maximum Gasteiger partial charge on any atom is 0.305 e. The highest BCUT2D eigenvalue weighted by atomic mass is 16.6. The van der Waals surface area contributed by atoms with Gasteiger partial charge in [-0.05, 0) is 12.5 Å². The summed E-state index contributed by atoms with van der Waals surface area (Å²) in [6.07, 6.45) is 5.98. The number of carbonyl (C=O) groups is 1. The summed E-state index contributed by atoms with van der Waals surface area (Å²) in [6.45, 7) is 7.48. The third kappa shape index (κ3) is 21.4. The van der Waals surface area contributed by atoms with Crippen molar-refractivity contribution in [3.8, 4) is 0 Å². The van der Waals surface area contributed by atoms with E-state index < -0.39 is 9.85 Å². The smallest absolute Gasteiger partial charge is 0.305 e. The minimum Gasteiger partial charge on any atom is -0.463 e. The minimum atomic E-state index is -0.682. The third-order valence-corrected chi connectivity index (χ3v) is 5.79. The number of rotatable bonds is 30. The van der Waals surface area contributed by atoms with E-state index in [1.165, 1.54) is 31.4 Å². The zero-order valence-corrected chi connectivity index (χ0v) is 25.2. The van der Waals surface area contributed by atoms with Gasteiger partial charge in [0.05, 0.1) is 95.2 Å². The van der Waals surface area contributed by atoms with Crippen LogP contribution in [0.4, 0.5) is 17.1 Å². The van der Waals surface area contributed by atoms with Crippen LogP contribution < -0.4 is 5.32 Å². The van der Waals surface area contributed by atoms with Crippen molar-refractivity contribution in [1.29, 1.82) is 0 Å². The molecule has 0 spiro atoms. The zero-order valence-electron chi connectivity index (χ0n) is 25.2. The maximum absolute atomic E-state index is 11.6. The molecule has 0 radical (unpaired) electrons. The summed E-state index contributed by atoms with van der Waals surface area (Å²) in [7, 11) is 0. The van der Waals surface area contributed by atoms with Crippen LogP contribution in [0, 0.1) is 20.2 Å². The second-order valence-electron chi connectivity index (χ2n) is 9.20. The molecule has 0 saturated heterocycles. The van der Waals surface area contributed by atoms with Crippen molar-refractivity contribution in [2.45, 2.75) is 45.4 Å². The molecule has 0 bridgehead atoms. The summed E-state index contributed by atoms with van der Waals surface area (Å²) >= 11 is 0. The molecular weight excluding hydrogens is 570 g/mol. The molecule has 15 nitrogen and oxygen atoms in total. The molecule has 0 aromatic heterocycles. The normalized spacial score (nSPS) is 11.0. The molecule has 1 N–H and O–H groups in total. The number of hydrogen-bond acceptors (Lipinski definition) is 13. The number of nitrogens with one attached hydrogen (secondary N) is 1. The fourth-order valence-corrected chi connectivity index (χ4v) is 3.55. The molecular formula is C28H47N3O12. The van der Waals surface area contributed by atoms with Crippen LogP contribution in [0.3, 0.4) is 0 Å². The average molecular weight is 618 g/mol. The molecule has 1 aromatic carbocycles. The third-order valence-electron chi connectivity index (χ3n) is 5.79. The molecule has 0 fully saturated rings. The number of esters is 1. The number of nitrogens with zero attached hydrogens (tertiary/aromatic N) is 2. The van der Waals surface area contributed by atoms with Crippen LogP contribution in [-0.2, 0) is 38.0 Å². The largest absolute Gasteiger partial charge is 0.463 e. The summed E-state index contributed by atoms with van der Waals surface area (Å²) in [4.78, 5) is 32.1. The fraction of sp³-hybridized carbons (Fsp3) is 0.750. The highest BCUT2D eigenvalue weighted by Gasteiger charge is 2.19. The van der Waals surface area contributed by atoms with Crippen LogP contribution >= 0.6 is 0 Å². The van der Waals surface area contributed by atoms with Crippen LogP contribution in [0.15, 0.2) is 18.2 Å². The maximum atomic E-state index is 11.6. The predicted molar refractivity (Wildman–Crippen MR) is 157 cm³/mol. The first-order valence-electron chi connectivity index (χ1n) is 14.7. The number of carbonyl (C=O) groups excluding carboxylic acids is 1. The van der Waals surface area contributed by atoms with E-state index in [9.17, 15) is 25.0 Å². The van der Waals surface area contributed by atoms with Gasteiger partial charge >= 0.3 is 5.97 Å². The first-order chi connectivity index (χ1) is 21.0. The lowest BCUT2D eigenvalue weighted by molar-refractivity contribution is -0.393. The number of nitro benzene ring substituents is 2. The number of non-ortho nitro benzene ring substituents is 1. The van der Waals surface area contributed by atoms with Gasteiger partial charge in [-0.1, -0.05) is 32.6 Å². The molecule has 0 heterocycles. The lowest BCUT2D eigenvalue weighted by Crippen LogP contribution is -2.16. The van der Waals surface area contributed by atoms with Crippen LogP contribution in [0.2, 0.25) is 0 Å². The van der Waals surface area contributed by atoms with E-state index in [2.05, 4.69) is 12.2 Å². The van der Waals surface area contributed by atoms with Crippen LogP contribution in [-0.4, -0.2) is 108 Å². The second kappa shape index (κ2) is 26.7. The predicted octanol–water partition coefficient (Wildman–Crippen LogP) is 3.92. The molecule has 246 valence electrons. The van der Waals surface area contributed by atoms with E-state index in [1.807, 2.05) is 0 Å². The molecule has 0 saturated carbocycles. The Bertz CT molecular complexity index is 891. The van der Waals surface area contributed by atoms with Gasteiger partial charge in [0.1, 0.15) is 12.3 Å². The minimum absolute atomic E-state index is 0.168. The van der Waals surface area contributed by atoms with E-state index in [0.717, 1.165) is 18.9 Å². The molecule has 0 unspecified atom stereocenters. The van der Waals surface area contributed by atoms with Crippen molar-refractivity contribution in [3.05, 3.63) is 38.4 Å². The van der Waals surface area contributed by atoms with Crippen molar-refractivity contribution in [1.82, 2.24) is 0 Å². The van der Waals surface area contributed by atoms with Gasteiger partial charge in [0, 0.05) is 19.0 Å². The van der Waals surface area contributed by atoms with E-state index >= 15 is 0 Å². The van der Waals surface area contributed by atoms with Crippen molar-refractivity contribution < 1.29 is 47.8 Å². The Hall–Kier alpha value is -2.95. The van der Waals surface area contributed by atoms with Gasteiger partial charge in [-0.15, -0.1) is 0 Å². The fourth-order valence-electron chi connectivity index (χ4n) is 3.55. The Morgan fingerprint density at radius 3 is 1.65 bits per heavy atom. The van der Waals surface area contributed by atoms with Gasteiger partial charge in [0.25, 0.3) is 11.4 Å². The van der Waals surface area contributed by atoms with Gasteiger partial charge in [-0.3, -0.25) is 25.0 Å². The Morgan fingerprint density at radius 1 is 0.674 bits per heavy atom. The summed E-state index contributed by atoms with van der Waals surface area (Å²) < 4.78 is 37.6. The van der Waals surface area contributed by atoms with E-state index in [-0.39, 0.29) is 36.2 Å². The number of ether oxygens (including phenoxy) is 7. The first-order valence-corrected chi connectivity index (χ1v) is 14.7. The lowest BCUT2D eigenvalue weighted by atomic mass is 10.1. The number of hydrogen-bond donors (Lipinski definition) is 1. The molecule has 1 aromatic rings. The van der Waals surface area contributed by atoms with Crippen molar-refractivity contribution in [2.75, 3.05) is 97.8 Å². The van der Waals surface area contributed by atoms with E-state index in [1.54, 1.807) is 0 Å². The molecule has 1 rings (SSSR count). The van der Waals surface area contributed by atoms with Gasteiger partial charge in [-0.2, -0.15) is 0 Å². The quantitative estimate of drug-likeness (QED) is 0.0568. The second-order valence-corrected chi connectivity index (χ2v) is 9.20. The van der Waals surface area contributed by atoms with Gasteiger partial charge in [-0.25, -0.2) is 0 Å². The lowest BCUT2D eigenvalue weighted by Gasteiger charge is -2.09. The average Bonchev–Trinajstić information content (AvgIpc) is 2.99. The van der Waals surface area contributed by atoms with Crippen LogP contribution in [0.25, 0.3) is 0 Å². The van der Waals surface area contributed by atoms with Gasteiger partial charge in [0.2, 0.25) is 0 Å². The van der Waals surface area contributed by atoms with E-state index in [0.29, 0.717) is 85.6 Å². The zero-order chi connectivity index (χ0) is 31.4. The Morgan fingerprint density at radius 2 is 1.16 bits per heavy atom. The molecule has 0 aliphatic rings. The molecule has 0 aliphatic heterocycles. The molecule has 0 amide bonds. The number of nitro groups is 2. The summed E-state index contributed by atoms with van der Waals surface area (Å²) in [5, 5.41) is 24.7. The Labute approximate surface area is 252 Å². The Kier molecular flexibility index (Phi) is 23.6. The highest BCUT2D eigenvalue weighted by molar-refractivity contribution is 5.69.